The smallest absolute Gasteiger partial charge is 0.251 e. The van der Waals surface area contributed by atoms with Crippen molar-refractivity contribution in [1.82, 2.24) is 10.0 Å². The monoisotopic (exact) mass is 346 g/mol. The molecule has 1 aliphatic rings. The van der Waals surface area contributed by atoms with Gasteiger partial charge in [0.2, 0.25) is 0 Å². The van der Waals surface area contributed by atoms with Gasteiger partial charge in [-0.3, -0.25) is 0 Å². The van der Waals surface area contributed by atoms with Gasteiger partial charge >= 0.3 is 0 Å². The molecule has 0 bridgehead atoms. The molecule has 8 heteroatoms. The summed E-state index contributed by atoms with van der Waals surface area (Å²) < 4.78 is 27.5. The number of nitrogens with one attached hydrogen (secondary N) is 2. The molecule has 1 atom stereocenters. The Kier molecular flexibility index (Phi) is 5.21. The second kappa shape index (κ2) is 5.79. The van der Waals surface area contributed by atoms with Crippen LogP contribution in [-0.2, 0) is 10.0 Å². The molecule has 92 valence electrons. The summed E-state index contributed by atoms with van der Waals surface area (Å²) in [5, 5.41) is 4.88. The molecule has 0 spiro atoms. The van der Waals surface area contributed by atoms with E-state index in [1.807, 2.05) is 0 Å². The average Bonchev–Trinajstić information content (AvgIpc) is 2.75. The lowest BCUT2D eigenvalue weighted by molar-refractivity contribution is 0.562. The van der Waals surface area contributed by atoms with E-state index in [4.69, 9.17) is 0 Å². The first-order valence-corrected chi connectivity index (χ1v) is 7.71. The number of hydrogen-bond donors (Lipinski definition) is 2. The van der Waals surface area contributed by atoms with Crippen LogP contribution in [0, 0.1) is 0 Å². The zero-order valence-electron chi connectivity index (χ0n) is 8.27. The molecule has 1 fully saturated rings. The molecule has 0 aliphatic carbocycles. The molecule has 2 N–H and O–H groups in total. The molecule has 1 aromatic rings. The third-order valence-electron chi connectivity index (χ3n) is 2.21. The van der Waals surface area contributed by atoms with Crippen LogP contribution in [0.2, 0.25) is 0 Å². The first-order chi connectivity index (χ1) is 7.09. The van der Waals surface area contributed by atoms with Crippen LogP contribution < -0.4 is 10.0 Å². The molecule has 2 rings (SSSR count). The van der Waals surface area contributed by atoms with Gasteiger partial charge in [-0.2, -0.15) is 0 Å². The van der Waals surface area contributed by atoms with Crippen molar-refractivity contribution < 1.29 is 8.42 Å². The highest BCUT2D eigenvalue weighted by Gasteiger charge is 2.25. The number of hydrogen-bond acceptors (Lipinski definition) is 4. The lowest BCUT2D eigenvalue weighted by Crippen LogP contribution is -2.35. The molecule has 0 saturated carbocycles. The van der Waals surface area contributed by atoms with E-state index in [0.29, 0.717) is 15.2 Å². The molecule has 0 aromatic carbocycles. The first-order valence-electron chi connectivity index (χ1n) is 4.55. The second-order valence-corrected chi connectivity index (χ2v) is 7.05. The maximum absolute atomic E-state index is 11.9. The summed E-state index contributed by atoms with van der Waals surface area (Å²) in [6.45, 7) is 1.58. The Balaban J connectivity index is 0.00000128. The highest BCUT2D eigenvalue weighted by molar-refractivity contribution is 9.10. The van der Waals surface area contributed by atoms with Crippen molar-refractivity contribution in [3.8, 4) is 0 Å². The van der Waals surface area contributed by atoms with Crippen LogP contribution >= 0.6 is 39.7 Å². The van der Waals surface area contributed by atoms with Crippen LogP contribution in [0.4, 0.5) is 0 Å². The van der Waals surface area contributed by atoms with Crippen LogP contribution in [0.15, 0.2) is 20.1 Å². The second-order valence-electron chi connectivity index (χ2n) is 3.37. The van der Waals surface area contributed by atoms with Crippen LogP contribution in [0.3, 0.4) is 0 Å². The van der Waals surface area contributed by atoms with E-state index >= 15 is 0 Å². The lowest BCUT2D eigenvalue weighted by Gasteiger charge is -2.10. The van der Waals surface area contributed by atoms with Crippen molar-refractivity contribution >= 4 is 49.7 Å². The minimum atomic E-state index is -3.35. The van der Waals surface area contributed by atoms with E-state index in [2.05, 4.69) is 26.0 Å². The quantitative estimate of drug-likeness (QED) is 0.872. The van der Waals surface area contributed by atoms with Crippen molar-refractivity contribution in [2.45, 2.75) is 16.7 Å². The maximum atomic E-state index is 11.9. The van der Waals surface area contributed by atoms with Crippen molar-refractivity contribution in [3.63, 3.8) is 0 Å². The topological polar surface area (TPSA) is 58.2 Å². The van der Waals surface area contributed by atoms with E-state index in [0.717, 1.165) is 13.0 Å². The summed E-state index contributed by atoms with van der Waals surface area (Å²) in [6.07, 6.45) is 0.849. The summed E-state index contributed by atoms with van der Waals surface area (Å²) in [6, 6.07) is 1.76. The minimum Gasteiger partial charge on any atom is -0.315 e. The van der Waals surface area contributed by atoms with Crippen LogP contribution in [0.25, 0.3) is 0 Å². The van der Waals surface area contributed by atoms with E-state index < -0.39 is 10.0 Å². The summed E-state index contributed by atoms with van der Waals surface area (Å²) in [5.74, 6) is 0. The number of sulfonamides is 1. The molecular weight excluding hydrogens is 336 g/mol. The highest BCUT2D eigenvalue weighted by atomic mass is 79.9. The average molecular weight is 348 g/mol. The molecule has 1 unspecified atom stereocenters. The molecule has 1 saturated heterocycles. The molecular formula is C8H12BrClN2O2S2. The minimum absolute atomic E-state index is 0. The molecule has 0 radical (unpaired) electrons. The molecule has 1 aliphatic heterocycles. The van der Waals surface area contributed by atoms with Gasteiger partial charge in [-0.1, -0.05) is 0 Å². The Morgan fingerprint density at radius 2 is 2.31 bits per heavy atom. The molecule has 0 amide bonds. The largest absolute Gasteiger partial charge is 0.315 e. The predicted octanol–water partition coefficient (Wildman–Crippen LogP) is 1.57. The molecule has 1 aromatic heterocycles. The SMILES string of the molecule is Cl.O=S(=O)(NC1CCNC1)c1sccc1Br. The van der Waals surface area contributed by atoms with Gasteiger partial charge in [0.1, 0.15) is 4.21 Å². The van der Waals surface area contributed by atoms with Gasteiger partial charge in [0.15, 0.2) is 0 Å². The predicted molar refractivity (Wildman–Crippen MR) is 70.9 cm³/mol. The van der Waals surface area contributed by atoms with Gasteiger partial charge in [0, 0.05) is 17.1 Å². The van der Waals surface area contributed by atoms with Crippen LogP contribution in [0.5, 0.6) is 0 Å². The van der Waals surface area contributed by atoms with Gasteiger partial charge in [0.05, 0.1) is 0 Å². The summed E-state index contributed by atoms with van der Waals surface area (Å²) >= 11 is 4.45. The van der Waals surface area contributed by atoms with E-state index in [1.165, 1.54) is 11.3 Å². The Hall–Kier alpha value is 0.340. The van der Waals surface area contributed by atoms with Crippen molar-refractivity contribution in [2.75, 3.05) is 13.1 Å². The third kappa shape index (κ3) is 3.18. The fourth-order valence-corrected chi connectivity index (χ4v) is 5.12. The summed E-state index contributed by atoms with van der Waals surface area (Å²) in [4.78, 5) is 0. The van der Waals surface area contributed by atoms with Crippen LogP contribution in [0.1, 0.15) is 6.42 Å². The molecule has 4 nitrogen and oxygen atoms in total. The van der Waals surface area contributed by atoms with Crippen molar-refractivity contribution in [1.29, 1.82) is 0 Å². The zero-order chi connectivity index (χ0) is 10.9. The van der Waals surface area contributed by atoms with E-state index in [9.17, 15) is 8.42 Å². The standard InChI is InChI=1S/C8H11BrN2O2S2.ClH/c9-7-2-4-14-8(7)15(12,13)11-6-1-3-10-5-6;/h2,4,6,10-11H,1,3,5H2;1H. The Morgan fingerprint density at radius 3 is 2.81 bits per heavy atom. The Bertz CT molecular complexity index is 443. The van der Waals surface area contributed by atoms with E-state index in [-0.39, 0.29) is 18.4 Å². The summed E-state index contributed by atoms with van der Waals surface area (Å²) in [7, 11) is -3.35. The fraction of sp³-hybridized carbons (Fsp3) is 0.500. The Labute approximate surface area is 113 Å². The van der Waals surface area contributed by atoms with Crippen molar-refractivity contribution in [2.24, 2.45) is 0 Å². The maximum Gasteiger partial charge on any atom is 0.251 e. The van der Waals surface area contributed by atoms with Crippen molar-refractivity contribution in [3.05, 3.63) is 15.9 Å². The number of halogens is 2. The van der Waals surface area contributed by atoms with Gasteiger partial charge < -0.3 is 5.32 Å². The summed E-state index contributed by atoms with van der Waals surface area (Å²) in [5.41, 5.74) is 0. The number of rotatable bonds is 3. The molecule has 2 heterocycles. The van der Waals surface area contributed by atoms with Gasteiger partial charge in [0.25, 0.3) is 10.0 Å². The third-order valence-corrected chi connectivity index (χ3v) is 6.40. The van der Waals surface area contributed by atoms with Gasteiger partial charge in [-0.15, -0.1) is 23.7 Å². The normalized spacial score (nSPS) is 20.7. The highest BCUT2D eigenvalue weighted by Crippen LogP contribution is 2.27. The fourth-order valence-electron chi connectivity index (χ4n) is 1.50. The van der Waals surface area contributed by atoms with Crippen LogP contribution in [-0.4, -0.2) is 27.5 Å². The molecule has 16 heavy (non-hydrogen) atoms. The Morgan fingerprint density at radius 1 is 1.56 bits per heavy atom. The number of thiophene rings is 1. The van der Waals surface area contributed by atoms with Gasteiger partial charge in [-0.05, 0) is 40.3 Å². The van der Waals surface area contributed by atoms with E-state index in [1.54, 1.807) is 11.4 Å². The van der Waals surface area contributed by atoms with Gasteiger partial charge in [-0.25, -0.2) is 13.1 Å². The first kappa shape index (κ1) is 14.4. The zero-order valence-corrected chi connectivity index (χ0v) is 12.3. The lowest BCUT2D eigenvalue weighted by atomic mass is 10.3.